The molecule has 6 nitrogen and oxygen atoms in total. The highest BCUT2D eigenvalue weighted by Gasteiger charge is 2.30. The number of likely N-dealkylation sites (tertiary alicyclic amines) is 1. The number of hydrogen-bond acceptors (Lipinski definition) is 4. The molecule has 2 saturated heterocycles. The Balaban J connectivity index is 1.51. The van der Waals surface area contributed by atoms with E-state index in [9.17, 15) is 14.4 Å². The molecular weight excluding hydrogens is 342 g/mol. The van der Waals surface area contributed by atoms with Gasteiger partial charge in [-0.2, -0.15) is 0 Å². The molecule has 0 saturated carbocycles. The van der Waals surface area contributed by atoms with Crippen molar-refractivity contribution in [3.8, 4) is 0 Å². The molecule has 3 rings (SSSR count). The number of aryl methyl sites for hydroxylation is 1. The van der Waals surface area contributed by atoms with Gasteiger partial charge >= 0.3 is 0 Å². The largest absolute Gasteiger partial charge is 0.368 e. The summed E-state index contributed by atoms with van der Waals surface area (Å²) in [7, 11) is 0. The third-order valence-corrected chi connectivity index (χ3v) is 5.08. The van der Waals surface area contributed by atoms with E-state index in [1.807, 2.05) is 25.1 Å². The predicted molar refractivity (Wildman–Crippen MR) is 95.6 cm³/mol. The van der Waals surface area contributed by atoms with E-state index in [4.69, 9.17) is 11.6 Å². The van der Waals surface area contributed by atoms with Crippen LogP contribution in [0.25, 0.3) is 0 Å². The van der Waals surface area contributed by atoms with Crippen LogP contribution in [0.3, 0.4) is 0 Å². The van der Waals surface area contributed by atoms with Crippen LogP contribution in [-0.4, -0.2) is 60.2 Å². The fourth-order valence-electron chi connectivity index (χ4n) is 3.36. The first-order chi connectivity index (χ1) is 12.0. The standard InChI is InChI=1S/C18H22ClN3O3/c1-13-2-3-14(19)12-15(13)20-8-10-21(11-9-20)16(23)6-7-22-17(24)4-5-18(22)25/h2-3,12H,4-11H2,1H3. The Labute approximate surface area is 152 Å². The maximum absolute atomic E-state index is 12.4. The second kappa shape index (κ2) is 7.44. The van der Waals surface area contributed by atoms with Gasteiger partial charge in [-0.1, -0.05) is 17.7 Å². The summed E-state index contributed by atoms with van der Waals surface area (Å²) in [5, 5.41) is 0.707. The van der Waals surface area contributed by atoms with Crippen LogP contribution >= 0.6 is 11.6 Å². The van der Waals surface area contributed by atoms with E-state index < -0.39 is 0 Å². The van der Waals surface area contributed by atoms with E-state index in [1.54, 1.807) is 4.90 Å². The van der Waals surface area contributed by atoms with Gasteiger partial charge in [0.1, 0.15) is 0 Å². The third kappa shape index (κ3) is 3.95. The number of carbonyl (C=O) groups excluding carboxylic acids is 3. The normalized spacial score (nSPS) is 18.2. The Morgan fingerprint density at radius 3 is 2.36 bits per heavy atom. The summed E-state index contributed by atoms with van der Waals surface area (Å²) in [4.78, 5) is 40.8. The van der Waals surface area contributed by atoms with Gasteiger partial charge in [0.2, 0.25) is 17.7 Å². The molecular formula is C18H22ClN3O3. The van der Waals surface area contributed by atoms with Gasteiger partial charge in [-0.15, -0.1) is 0 Å². The van der Waals surface area contributed by atoms with Crippen LogP contribution in [0.1, 0.15) is 24.8 Å². The lowest BCUT2D eigenvalue weighted by Gasteiger charge is -2.37. The average Bonchev–Trinajstić information content (AvgIpc) is 2.93. The highest BCUT2D eigenvalue weighted by molar-refractivity contribution is 6.30. The molecule has 0 aliphatic carbocycles. The van der Waals surface area contributed by atoms with Gasteiger partial charge in [0.05, 0.1) is 0 Å². The topological polar surface area (TPSA) is 60.9 Å². The van der Waals surface area contributed by atoms with Crippen molar-refractivity contribution in [1.82, 2.24) is 9.80 Å². The molecule has 25 heavy (non-hydrogen) atoms. The maximum Gasteiger partial charge on any atom is 0.229 e. The number of benzene rings is 1. The van der Waals surface area contributed by atoms with Gasteiger partial charge in [-0.05, 0) is 24.6 Å². The molecule has 0 bridgehead atoms. The van der Waals surface area contributed by atoms with Gasteiger partial charge in [-0.25, -0.2) is 0 Å². The van der Waals surface area contributed by atoms with Crippen molar-refractivity contribution in [2.24, 2.45) is 0 Å². The molecule has 1 aromatic rings. The lowest BCUT2D eigenvalue weighted by Crippen LogP contribution is -2.49. The first kappa shape index (κ1) is 17.7. The van der Waals surface area contributed by atoms with E-state index in [2.05, 4.69) is 4.90 Å². The van der Waals surface area contributed by atoms with Crippen LogP contribution in [0.15, 0.2) is 18.2 Å². The van der Waals surface area contributed by atoms with Crippen molar-refractivity contribution in [2.75, 3.05) is 37.6 Å². The minimum Gasteiger partial charge on any atom is -0.368 e. The molecule has 2 aliphatic heterocycles. The molecule has 3 amide bonds. The summed E-state index contributed by atoms with van der Waals surface area (Å²) in [6.07, 6.45) is 0.739. The molecule has 0 N–H and O–H groups in total. The fourth-order valence-corrected chi connectivity index (χ4v) is 3.52. The van der Waals surface area contributed by atoms with Gasteiger partial charge in [-0.3, -0.25) is 19.3 Å². The van der Waals surface area contributed by atoms with Gasteiger partial charge in [0.25, 0.3) is 0 Å². The van der Waals surface area contributed by atoms with Gasteiger partial charge < -0.3 is 9.80 Å². The smallest absolute Gasteiger partial charge is 0.229 e. The van der Waals surface area contributed by atoms with E-state index in [0.29, 0.717) is 18.1 Å². The summed E-state index contributed by atoms with van der Waals surface area (Å²) >= 11 is 6.09. The molecule has 134 valence electrons. The van der Waals surface area contributed by atoms with Crippen molar-refractivity contribution >= 4 is 35.0 Å². The summed E-state index contributed by atoms with van der Waals surface area (Å²) in [6.45, 7) is 5.00. The fraction of sp³-hybridized carbons (Fsp3) is 0.500. The zero-order valence-corrected chi connectivity index (χ0v) is 15.1. The second-order valence-electron chi connectivity index (χ2n) is 6.49. The molecule has 0 radical (unpaired) electrons. The molecule has 7 heteroatoms. The molecule has 0 spiro atoms. The number of hydrogen-bond donors (Lipinski definition) is 0. The van der Waals surface area contributed by atoms with E-state index in [-0.39, 0.29) is 43.5 Å². The number of piperazine rings is 1. The lowest BCUT2D eigenvalue weighted by molar-refractivity contribution is -0.139. The molecule has 0 unspecified atom stereocenters. The quantitative estimate of drug-likeness (QED) is 0.766. The first-order valence-electron chi connectivity index (χ1n) is 8.58. The van der Waals surface area contributed by atoms with E-state index in [0.717, 1.165) is 24.3 Å². The summed E-state index contributed by atoms with van der Waals surface area (Å²) in [6, 6.07) is 5.83. The minimum atomic E-state index is -0.168. The van der Waals surface area contributed by atoms with Crippen molar-refractivity contribution in [3.05, 3.63) is 28.8 Å². The zero-order valence-electron chi connectivity index (χ0n) is 14.3. The molecule has 2 aliphatic rings. The monoisotopic (exact) mass is 363 g/mol. The van der Waals surface area contributed by atoms with Crippen LogP contribution in [0.4, 0.5) is 5.69 Å². The third-order valence-electron chi connectivity index (χ3n) is 4.85. The number of carbonyl (C=O) groups is 3. The predicted octanol–water partition coefficient (Wildman–Crippen LogP) is 1.84. The SMILES string of the molecule is Cc1ccc(Cl)cc1N1CCN(C(=O)CCN2C(=O)CCC2=O)CC1. The number of rotatable bonds is 4. The van der Waals surface area contributed by atoms with Crippen molar-refractivity contribution in [3.63, 3.8) is 0 Å². The lowest BCUT2D eigenvalue weighted by atomic mass is 10.1. The highest BCUT2D eigenvalue weighted by Crippen LogP contribution is 2.25. The van der Waals surface area contributed by atoms with Gasteiger partial charge in [0.15, 0.2) is 0 Å². The average molecular weight is 364 g/mol. The van der Waals surface area contributed by atoms with E-state index in [1.165, 1.54) is 4.90 Å². The van der Waals surface area contributed by atoms with Crippen LogP contribution in [0.5, 0.6) is 0 Å². The Morgan fingerprint density at radius 2 is 1.72 bits per heavy atom. The first-order valence-corrected chi connectivity index (χ1v) is 8.95. The molecule has 0 aromatic heterocycles. The second-order valence-corrected chi connectivity index (χ2v) is 6.92. The molecule has 0 atom stereocenters. The van der Waals surface area contributed by atoms with Crippen LogP contribution in [0.2, 0.25) is 5.02 Å². The Bertz CT molecular complexity index is 683. The molecule has 2 heterocycles. The summed E-state index contributed by atoms with van der Waals surface area (Å²) in [5.74, 6) is -0.340. The number of amides is 3. The number of anilines is 1. The zero-order chi connectivity index (χ0) is 18.0. The van der Waals surface area contributed by atoms with Crippen LogP contribution in [-0.2, 0) is 14.4 Å². The minimum absolute atomic E-state index is 0.00466. The number of halogens is 1. The summed E-state index contributed by atoms with van der Waals surface area (Å²) < 4.78 is 0. The Kier molecular flexibility index (Phi) is 5.27. The van der Waals surface area contributed by atoms with Crippen molar-refractivity contribution in [1.29, 1.82) is 0 Å². The summed E-state index contributed by atoms with van der Waals surface area (Å²) in [5.41, 5.74) is 2.27. The molecule has 2 fully saturated rings. The highest BCUT2D eigenvalue weighted by atomic mass is 35.5. The number of nitrogens with zero attached hydrogens (tertiary/aromatic N) is 3. The Hall–Kier alpha value is -2.08. The van der Waals surface area contributed by atoms with Crippen LogP contribution in [0, 0.1) is 6.92 Å². The van der Waals surface area contributed by atoms with E-state index >= 15 is 0 Å². The Morgan fingerprint density at radius 1 is 1.08 bits per heavy atom. The maximum atomic E-state index is 12.4. The molecule has 1 aromatic carbocycles. The van der Waals surface area contributed by atoms with Gasteiger partial charge in [0, 0.05) is 62.7 Å². The number of imide groups is 1. The van der Waals surface area contributed by atoms with Crippen LogP contribution < -0.4 is 4.90 Å². The van der Waals surface area contributed by atoms with Crippen molar-refractivity contribution < 1.29 is 14.4 Å². The van der Waals surface area contributed by atoms with Crippen molar-refractivity contribution in [2.45, 2.75) is 26.2 Å².